The van der Waals surface area contributed by atoms with Gasteiger partial charge in [-0.2, -0.15) is 5.26 Å². The van der Waals surface area contributed by atoms with Gasteiger partial charge in [-0.1, -0.05) is 47.1 Å². The van der Waals surface area contributed by atoms with E-state index in [-0.39, 0.29) is 0 Å². The van der Waals surface area contributed by atoms with Crippen LogP contribution in [0, 0.1) is 18.3 Å². The minimum atomic E-state index is 0.325. The zero-order chi connectivity index (χ0) is 17.6. The molecule has 0 saturated carbocycles. The summed E-state index contributed by atoms with van der Waals surface area (Å²) in [7, 11) is 0. The van der Waals surface area contributed by atoms with Gasteiger partial charge in [-0.15, -0.1) is 10.2 Å². The van der Waals surface area contributed by atoms with E-state index in [9.17, 15) is 0 Å². The zero-order valence-corrected chi connectivity index (χ0v) is 15.2. The first kappa shape index (κ1) is 17.3. The van der Waals surface area contributed by atoms with Gasteiger partial charge >= 0.3 is 0 Å². The molecule has 0 fully saturated rings. The average molecular weight is 370 g/mol. The van der Waals surface area contributed by atoms with Crippen molar-refractivity contribution in [2.75, 3.05) is 11.1 Å². The van der Waals surface area contributed by atoms with Crippen LogP contribution in [0.2, 0.25) is 5.02 Å². The molecule has 0 aliphatic heterocycles. The van der Waals surface area contributed by atoms with E-state index in [4.69, 9.17) is 16.9 Å². The van der Waals surface area contributed by atoms with Crippen molar-refractivity contribution in [3.05, 3.63) is 64.9 Å². The van der Waals surface area contributed by atoms with Gasteiger partial charge in [0.15, 0.2) is 11.0 Å². The highest BCUT2D eigenvalue weighted by Gasteiger charge is 2.14. The summed E-state index contributed by atoms with van der Waals surface area (Å²) in [6, 6.07) is 17.8. The molecular formula is C18H16ClN5S. The number of aryl methyl sites for hydroxylation is 1. The lowest BCUT2D eigenvalue weighted by atomic mass is 10.2. The van der Waals surface area contributed by atoms with Gasteiger partial charge in [-0.3, -0.25) is 4.57 Å². The second kappa shape index (κ2) is 8.06. The quantitative estimate of drug-likeness (QED) is 0.650. The van der Waals surface area contributed by atoms with Crippen molar-refractivity contribution < 1.29 is 0 Å². The van der Waals surface area contributed by atoms with Crippen molar-refractivity contribution >= 4 is 29.1 Å². The van der Waals surface area contributed by atoms with Gasteiger partial charge in [0.05, 0.1) is 18.4 Å². The van der Waals surface area contributed by atoms with Gasteiger partial charge in [0.1, 0.15) is 0 Å². The summed E-state index contributed by atoms with van der Waals surface area (Å²) in [5.74, 6) is 1.09. The summed E-state index contributed by atoms with van der Waals surface area (Å²) in [5.41, 5.74) is 3.07. The van der Waals surface area contributed by atoms with Gasteiger partial charge < -0.3 is 5.32 Å². The van der Waals surface area contributed by atoms with E-state index >= 15 is 0 Å². The number of nitrogens with one attached hydrogen (secondary N) is 1. The van der Waals surface area contributed by atoms with E-state index in [1.54, 1.807) is 0 Å². The molecular weight excluding hydrogens is 354 g/mol. The molecule has 3 aromatic rings. The molecule has 0 unspecified atom stereocenters. The summed E-state index contributed by atoms with van der Waals surface area (Å²) in [5, 5.41) is 22.1. The number of nitriles is 1. The summed E-state index contributed by atoms with van der Waals surface area (Å²) in [6.45, 7) is 2.54. The van der Waals surface area contributed by atoms with Crippen LogP contribution in [0.15, 0.2) is 53.7 Å². The van der Waals surface area contributed by atoms with Gasteiger partial charge in [-0.05, 0) is 37.3 Å². The smallest absolute Gasteiger partial charge is 0.196 e. The Hall–Kier alpha value is -2.49. The van der Waals surface area contributed by atoms with Crippen LogP contribution in [0.5, 0.6) is 0 Å². The molecule has 0 atom stereocenters. The fourth-order valence-corrected chi connectivity index (χ4v) is 3.16. The molecule has 1 aromatic heterocycles. The molecule has 1 heterocycles. The third-order valence-corrected chi connectivity index (χ3v) is 4.56. The van der Waals surface area contributed by atoms with Crippen molar-refractivity contribution in [2.45, 2.75) is 18.6 Å². The van der Waals surface area contributed by atoms with E-state index in [0.717, 1.165) is 17.2 Å². The number of benzene rings is 2. The Morgan fingerprint density at radius 1 is 1.20 bits per heavy atom. The minimum absolute atomic E-state index is 0.325. The molecule has 0 bridgehead atoms. The first-order chi connectivity index (χ1) is 12.2. The standard InChI is InChI=1S/C18H16ClN5S/c1-13-5-7-16(8-6-13)24-17(22-23-18(24)25-10-9-20)12-21-15-4-2-3-14(19)11-15/h2-8,11,21H,10,12H2,1H3. The molecule has 1 N–H and O–H groups in total. The summed E-state index contributed by atoms with van der Waals surface area (Å²) in [4.78, 5) is 0. The molecule has 0 aliphatic carbocycles. The van der Waals surface area contributed by atoms with Crippen molar-refractivity contribution in [1.29, 1.82) is 5.26 Å². The van der Waals surface area contributed by atoms with Crippen molar-refractivity contribution in [2.24, 2.45) is 0 Å². The van der Waals surface area contributed by atoms with Crippen LogP contribution in [0.4, 0.5) is 5.69 Å². The summed E-state index contributed by atoms with van der Waals surface area (Å²) in [6.07, 6.45) is 0. The molecule has 2 aromatic carbocycles. The molecule has 126 valence electrons. The highest BCUT2D eigenvalue weighted by Crippen LogP contribution is 2.23. The van der Waals surface area contributed by atoms with Crippen molar-refractivity contribution in [3.8, 4) is 11.8 Å². The maximum Gasteiger partial charge on any atom is 0.196 e. The highest BCUT2D eigenvalue weighted by atomic mass is 35.5. The first-order valence-corrected chi connectivity index (χ1v) is 9.04. The fraction of sp³-hybridized carbons (Fsp3) is 0.167. The lowest BCUT2D eigenvalue weighted by Gasteiger charge is -2.11. The molecule has 0 aliphatic rings. The molecule has 3 rings (SSSR count). The Morgan fingerprint density at radius 2 is 2.00 bits per heavy atom. The number of nitrogens with zero attached hydrogens (tertiary/aromatic N) is 4. The molecule has 0 radical (unpaired) electrons. The number of hydrogen-bond acceptors (Lipinski definition) is 5. The normalized spacial score (nSPS) is 10.4. The van der Waals surface area contributed by atoms with Gasteiger partial charge in [0.25, 0.3) is 0 Å². The Balaban J connectivity index is 1.89. The third-order valence-electron chi connectivity index (χ3n) is 3.53. The van der Waals surface area contributed by atoms with Gasteiger partial charge in [0, 0.05) is 16.4 Å². The summed E-state index contributed by atoms with van der Waals surface area (Å²) >= 11 is 7.39. The van der Waals surface area contributed by atoms with E-state index < -0.39 is 0 Å². The van der Waals surface area contributed by atoms with Crippen LogP contribution in [0.25, 0.3) is 5.69 Å². The highest BCUT2D eigenvalue weighted by molar-refractivity contribution is 7.99. The number of hydrogen-bond donors (Lipinski definition) is 1. The molecule has 7 heteroatoms. The largest absolute Gasteiger partial charge is 0.378 e. The van der Waals surface area contributed by atoms with Gasteiger partial charge in [0.2, 0.25) is 0 Å². The number of rotatable bonds is 6. The number of halogens is 1. The lowest BCUT2D eigenvalue weighted by Crippen LogP contribution is -2.08. The van der Waals surface area contributed by atoms with E-state index in [2.05, 4.69) is 21.6 Å². The third kappa shape index (κ3) is 4.32. The maximum atomic E-state index is 8.86. The Bertz CT molecular complexity index is 899. The molecule has 5 nitrogen and oxygen atoms in total. The number of aromatic nitrogens is 3. The number of thioether (sulfide) groups is 1. The van der Waals surface area contributed by atoms with Crippen molar-refractivity contribution in [1.82, 2.24) is 14.8 Å². The number of anilines is 1. The second-order valence-electron chi connectivity index (χ2n) is 5.38. The predicted molar refractivity (Wildman–Crippen MR) is 101 cm³/mol. The van der Waals surface area contributed by atoms with Crippen LogP contribution in [-0.4, -0.2) is 20.5 Å². The monoisotopic (exact) mass is 369 g/mol. The van der Waals surface area contributed by atoms with E-state index in [1.165, 1.54) is 17.3 Å². The summed E-state index contributed by atoms with van der Waals surface area (Å²) < 4.78 is 1.97. The second-order valence-corrected chi connectivity index (χ2v) is 6.76. The maximum absolute atomic E-state index is 8.86. The van der Waals surface area contributed by atoms with E-state index in [0.29, 0.717) is 22.5 Å². The van der Waals surface area contributed by atoms with E-state index in [1.807, 2.05) is 60.0 Å². The zero-order valence-electron chi connectivity index (χ0n) is 13.6. The fourth-order valence-electron chi connectivity index (χ4n) is 2.34. The Kier molecular flexibility index (Phi) is 5.59. The molecule has 25 heavy (non-hydrogen) atoms. The molecule has 0 spiro atoms. The average Bonchev–Trinajstić information content (AvgIpc) is 3.02. The molecule has 0 saturated heterocycles. The van der Waals surface area contributed by atoms with Crippen LogP contribution in [-0.2, 0) is 6.54 Å². The molecule has 0 amide bonds. The minimum Gasteiger partial charge on any atom is -0.378 e. The van der Waals surface area contributed by atoms with Crippen molar-refractivity contribution in [3.63, 3.8) is 0 Å². The van der Waals surface area contributed by atoms with Crippen LogP contribution >= 0.6 is 23.4 Å². The lowest BCUT2D eigenvalue weighted by molar-refractivity contribution is 0.841. The SMILES string of the molecule is Cc1ccc(-n2c(CNc3cccc(Cl)c3)nnc2SCC#N)cc1. The Morgan fingerprint density at radius 3 is 2.72 bits per heavy atom. The Labute approximate surface area is 155 Å². The predicted octanol–water partition coefficient (Wildman–Crippen LogP) is 4.46. The van der Waals surface area contributed by atoms with Gasteiger partial charge in [-0.25, -0.2) is 0 Å². The van der Waals surface area contributed by atoms with Crippen LogP contribution in [0.3, 0.4) is 0 Å². The first-order valence-electron chi connectivity index (χ1n) is 7.68. The van der Waals surface area contributed by atoms with Crippen LogP contribution in [0.1, 0.15) is 11.4 Å². The van der Waals surface area contributed by atoms with Crippen LogP contribution < -0.4 is 5.32 Å². The topological polar surface area (TPSA) is 66.5 Å².